The number of rotatable bonds is 1. The minimum atomic E-state index is -4.67. The van der Waals surface area contributed by atoms with Crippen molar-refractivity contribution in [2.45, 2.75) is 4.90 Å². The minimum absolute atomic E-state index is 0.259. The lowest BCUT2D eigenvalue weighted by molar-refractivity contribution is 0.171. The van der Waals surface area contributed by atoms with Gasteiger partial charge < -0.3 is 9.47 Å². The molecule has 0 amide bonds. The zero-order valence-electron chi connectivity index (χ0n) is 7.07. The number of ether oxygens (including phenoxy) is 2. The summed E-state index contributed by atoms with van der Waals surface area (Å²) in [5.41, 5.74) is 0. The first kappa shape index (κ1) is 9.26. The summed E-state index contributed by atoms with van der Waals surface area (Å²) in [6.07, 6.45) is 0. The van der Waals surface area contributed by atoms with E-state index < -0.39 is 15.1 Å². The van der Waals surface area contributed by atoms with Gasteiger partial charge in [-0.05, 0) is 12.1 Å². The zero-order chi connectivity index (χ0) is 10.2. The summed E-state index contributed by atoms with van der Waals surface area (Å²) >= 11 is 0. The highest BCUT2D eigenvalue weighted by Crippen LogP contribution is 2.32. The van der Waals surface area contributed by atoms with Gasteiger partial charge in [-0.15, -0.1) is 3.89 Å². The molecule has 0 fully saturated rings. The van der Waals surface area contributed by atoms with E-state index in [0.717, 1.165) is 12.1 Å². The number of hydrogen-bond donors (Lipinski definition) is 0. The Morgan fingerprint density at radius 3 is 2.43 bits per heavy atom. The van der Waals surface area contributed by atoms with Crippen molar-refractivity contribution in [1.82, 2.24) is 0 Å². The Morgan fingerprint density at radius 1 is 1.14 bits per heavy atom. The molecule has 0 aliphatic carbocycles. The fourth-order valence-corrected chi connectivity index (χ4v) is 1.65. The van der Waals surface area contributed by atoms with Gasteiger partial charge in [-0.25, -0.2) is 0 Å². The van der Waals surface area contributed by atoms with Crippen LogP contribution in [-0.2, 0) is 10.2 Å². The van der Waals surface area contributed by atoms with Crippen molar-refractivity contribution in [3.05, 3.63) is 18.2 Å². The fourth-order valence-electron chi connectivity index (χ4n) is 1.18. The third-order valence-corrected chi connectivity index (χ3v) is 2.61. The number of hydrogen-bond acceptors (Lipinski definition) is 4. The highest BCUT2D eigenvalue weighted by Gasteiger charge is 2.17. The molecule has 0 N–H and O–H groups in total. The number of halogens is 1. The second-order valence-electron chi connectivity index (χ2n) is 2.74. The van der Waals surface area contributed by atoms with Gasteiger partial charge >= 0.3 is 10.2 Å². The zero-order valence-corrected chi connectivity index (χ0v) is 7.88. The van der Waals surface area contributed by atoms with E-state index in [0.29, 0.717) is 19.0 Å². The van der Waals surface area contributed by atoms with Crippen molar-refractivity contribution in [2.24, 2.45) is 0 Å². The molecule has 0 bridgehead atoms. The molecule has 0 spiro atoms. The minimum Gasteiger partial charge on any atom is -0.486 e. The van der Waals surface area contributed by atoms with E-state index in [2.05, 4.69) is 0 Å². The molecule has 0 unspecified atom stereocenters. The van der Waals surface area contributed by atoms with Crippen LogP contribution < -0.4 is 9.47 Å². The Labute approximate surface area is 80.5 Å². The summed E-state index contributed by atoms with van der Waals surface area (Å²) in [4.78, 5) is -0.415. The molecule has 1 aromatic carbocycles. The van der Waals surface area contributed by atoms with Crippen molar-refractivity contribution in [1.29, 1.82) is 0 Å². The summed E-state index contributed by atoms with van der Waals surface area (Å²) in [7, 11) is -4.67. The molecule has 2 rings (SSSR count). The summed E-state index contributed by atoms with van der Waals surface area (Å²) in [6, 6.07) is 3.63. The van der Waals surface area contributed by atoms with Gasteiger partial charge in [0.25, 0.3) is 0 Å². The van der Waals surface area contributed by atoms with E-state index in [1.807, 2.05) is 0 Å². The highest BCUT2D eigenvalue weighted by molar-refractivity contribution is 7.86. The maximum atomic E-state index is 12.6. The highest BCUT2D eigenvalue weighted by atomic mass is 32.3. The molecule has 0 radical (unpaired) electrons. The van der Waals surface area contributed by atoms with Crippen LogP contribution in [0.2, 0.25) is 0 Å². The molecule has 4 nitrogen and oxygen atoms in total. The van der Waals surface area contributed by atoms with Crippen molar-refractivity contribution in [3.8, 4) is 11.5 Å². The van der Waals surface area contributed by atoms with Crippen LogP contribution in [-0.4, -0.2) is 21.6 Å². The van der Waals surface area contributed by atoms with Crippen LogP contribution in [0.25, 0.3) is 0 Å². The summed E-state index contributed by atoms with van der Waals surface area (Å²) in [5, 5.41) is 0. The Balaban J connectivity index is 2.49. The molecule has 76 valence electrons. The average molecular weight is 218 g/mol. The van der Waals surface area contributed by atoms with E-state index in [1.54, 1.807) is 0 Å². The van der Waals surface area contributed by atoms with Gasteiger partial charge in [0.05, 0.1) is 0 Å². The third-order valence-electron chi connectivity index (χ3n) is 1.80. The van der Waals surface area contributed by atoms with E-state index in [1.165, 1.54) is 6.07 Å². The molecule has 14 heavy (non-hydrogen) atoms. The van der Waals surface area contributed by atoms with Gasteiger partial charge in [-0.1, -0.05) is 0 Å². The quantitative estimate of drug-likeness (QED) is 0.663. The molecule has 1 aliphatic rings. The topological polar surface area (TPSA) is 52.6 Å². The predicted octanol–water partition coefficient (Wildman–Crippen LogP) is 1.12. The summed E-state index contributed by atoms with van der Waals surface area (Å²) in [6.45, 7) is 0.748. The fraction of sp³-hybridized carbons (Fsp3) is 0.250. The van der Waals surface area contributed by atoms with Gasteiger partial charge in [0, 0.05) is 6.07 Å². The maximum absolute atomic E-state index is 12.6. The van der Waals surface area contributed by atoms with Crippen LogP contribution in [0.15, 0.2) is 23.1 Å². The van der Waals surface area contributed by atoms with E-state index >= 15 is 0 Å². The molecular weight excluding hydrogens is 211 g/mol. The molecule has 6 heteroatoms. The molecule has 0 aromatic heterocycles. The Kier molecular flexibility index (Phi) is 2.07. The molecule has 1 heterocycles. The van der Waals surface area contributed by atoms with Crippen LogP contribution in [0.4, 0.5) is 3.89 Å². The molecule has 0 atom stereocenters. The molecule has 0 saturated heterocycles. The van der Waals surface area contributed by atoms with Crippen molar-refractivity contribution < 1.29 is 21.8 Å². The molecule has 0 saturated carbocycles. The summed E-state index contributed by atoms with van der Waals surface area (Å²) in [5.74, 6) is 0.693. The molecule has 1 aliphatic heterocycles. The second-order valence-corrected chi connectivity index (χ2v) is 4.09. The van der Waals surface area contributed by atoms with Crippen LogP contribution in [0, 0.1) is 0 Å². The van der Waals surface area contributed by atoms with Gasteiger partial charge in [0.15, 0.2) is 11.5 Å². The van der Waals surface area contributed by atoms with Crippen molar-refractivity contribution in [3.63, 3.8) is 0 Å². The Bertz CT molecular complexity index is 454. The van der Waals surface area contributed by atoms with E-state index in [9.17, 15) is 12.3 Å². The van der Waals surface area contributed by atoms with Crippen LogP contribution in [0.5, 0.6) is 11.5 Å². The average Bonchev–Trinajstić information content (AvgIpc) is 2.16. The van der Waals surface area contributed by atoms with Crippen molar-refractivity contribution >= 4 is 10.2 Å². The largest absolute Gasteiger partial charge is 0.486 e. The van der Waals surface area contributed by atoms with Crippen LogP contribution >= 0.6 is 0 Å². The van der Waals surface area contributed by atoms with Gasteiger partial charge in [-0.3, -0.25) is 0 Å². The van der Waals surface area contributed by atoms with Crippen LogP contribution in [0.1, 0.15) is 0 Å². The SMILES string of the molecule is O=S(=O)(F)c1ccc2c(c1)OCCO2. The molecular formula is C8H7FO4S. The van der Waals surface area contributed by atoms with E-state index in [4.69, 9.17) is 9.47 Å². The van der Waals surface area contributed by atoms with Gasteiger partial charge in [-0.2, -0.15) is 8.42 Å². The smallest absolute Gasteiger partial charge is 0.332 e. The Morgan fingerprint density at radius 2 is 1.79 bits per heavy atom. The van der Waals surface area contributed by atoms with Gasteiger partial charge in [0.2, 0.25) is 0 Å². The first-order chi connectivity index (χ1) is 6.57. The number of fused-ring (bicyclic) bond motifs is 1. The first-order valence-electron chi connectivity index (χ1n) is 3.92. The predicted molar refractivity (Wildman–Crippen MR) is 45.7 cm³/mol. The lowest BCUT2D eigenvalue weighted by Crippen LogP contribution is -2.15. The van der Waals surface area contributed by atoms with E-state index in [-0.39, 0.29) is 5.75 Å². The Hall–Kier alpha value is -1.30. The lowest BCUT2D eigenvalue weighted by Gasteiger charge is -2.18. The normalized spacial score (nSPS) is 15.2. The lowest BCUT2D eigenvalue weighted by atomic mass is 10.3. The molecule has 1 aromatic rings. The first-order valence-corrected chi connectivity index (χ1v) is 5.30. The van der Waals surface area contributed by atoms with Gasteiger partial charge in [0.1, 0.15) is 18.1 Å². The van der Waals surface area contributed by atoms with Crippen molar-refractivity contribution in [2.75, 3.05) is 13.2 Å². The monoisotopic (exact) mass is 218 g/mol. The second kappa shape index (κ2) is 3.13. The maximum Gasteiger partial charge on any atom is 0.332 e. The number of benzene rings is 1. The summed E-state index contributed by atoms with van der Waals surface area (Å²) < 4.78 is 43.9. The third kappa shape index (κ3) is 1.65. The standard InChI is InChI=1S/C8H7FO4S/c9-14(10,11)6-1-2-7-8(5-6)13-4-3-12-7/h1-2,5H,3-4H2. The van der Waals surface area contributed by atoms with Crippen LogP contribution in [0.3, 0.4) is 0 Å².